The highest BCUT2D eigenvalue weighted by Crippen LogP contribution is 2.64. The molecule has 14 heteroatoms. The van der Waals surface area contributed by atoms with E-state index >= 15 is 4.79 Å². The summed E-state index contributed by atoms with van der Waals surface area (Å²) in [6, 6.07) is 15.8. The number of hydrogen-bond acceptors (Lipinski definition) is 14. The van der Waals surface area contributed by atoms with Gasteiger partial charge in [0.05, 0.1) is 29.6 Å². The number of Topliss-reactive ketones (excluding diaryl/α,β-unsaturated/α-hetero) is 1. The number of hydrogen-bond donors (Lipinski definition) is 4. The minimum Gasteiger partial charge on any atom is -0.456 e. The third-order valence-corrected chi connectivity index (χ3v) is 12.1. The van der Waals surface area contributed by atoms with Gasteiger partial charge in [-0.1, -0.05) is 62.4 Å². The third-order valence-electron chi connectivity index (χ3n) is 12.1. The zero-order valence-corrected chi connectivity index (χ0v) is 30.9. The molecule has 4 N–H and O–H groups in total. The van der Waals surface area contributed by atoms with Gasteiger partial charge in [-0.2, -0.15) is 0 Å². The summed E-state index contributed by atoms with van der Waals surface area (Å²) in [7, 11) is 0. The van der Waals surface area contributed by atoms with E-state index in [0.717, 1.165) is 13.8 Å². The average Bonchev–Trinajstić information content (AvgIpc) is 3.12. The summed E-state index contributed by atoms with van der Waals surface area (Å²) in [4.78, 5) is 68.6. The number of rotatable bonds is 8. The standard InChI is InChI=1S/C40H46O14/c1-20-25(52-36(48)30(45)29(44)23-13-9-7-10-14-23)18-40(49)34(53-35(47)24-15-11-8-12-16-24)32-38(6,26(43)17-27-39(32,19-50-27)54-22(3)42)33(46)31(51-21(2)41)28(20)37(40,4)5/h7-16,25-27,29-32,34,43-45,49H,17-19H2,1-6H3/t25-,26-,27+,29-,30+,31+,32-,34-,38+,39-,40+/m0/s1. The van der Waals surface area contributed by atoms with Crippen molar-refractivity contribution in [3.63, 3.8) is 0 Å². The predicted octanol–water partition coefficient (Wildman–Crippen LogP) is 2.30. The Morgan fingerprint density at radius 3 is 2.06 bits per heavy atom. The molecule has 1 aliphatic heterocycles. The van der Waals surface area contributed by atoms with E-state index in [0.29, 0.717) is 0 Å². The number of fused-ring (bicyclic) bond motifs is 5. The van der Waals surface area contributed by atoms with Crippen molar-refractivity contribution in [1.82, 2.24) is 0 Å². The zero-order valence-electron chi connectivity index (χ0n) is 30.9. The molecule has 1 saturated heterocycles. The summed E-state index contributed by atoms with van der Waals surface area (Å²) in [5.41, 5.74) is -7.26. The van der Waals surface area contributed by atoms with Gasteiger partial charge < -0.3 is 44.1 Å². The van der Waals surface area contributed by atoms with Gasteiger partial charge >= 0.3 is 23.9 Å². The van der Waals surface area contributed by atoms with Crippen LogP contribution in [0.1, 0.15) is 76.4 Å². The Labute approximate surface area is 312 Å². The first-order chi connectivity index (χ1) is 25.3. The minimum absolute atomic E-state index is 0.00787. The highest BCUT2D eigenvalue weighted by Gasteiger charge is 2.78. The fourth-order valence-corrected chi connectivity index (χ4v) is 9.19. The lowest BCUT2D eigenvalue weighted by Crippen LogP contribution is -2.82. The van der Waals surface area contributed by atoms with Crippen LogP contribution in [-0.2, 0) is 42.9 Å². The van der Waals surface area contributed by atoms with Gasteiger partial charge in [-0.15, -0.1) is 0 Å². The summed E-state index contributed by atoms with van der Waals surface area (Å²) >= 11 is 0. The Balaban J connectivity index is 1.58. The van der Waals surface area contributed by atoms with Gasteiger partial charge in [0.15, 0.2) is 23.6 Å². The van der Waals surface area contributed by atoms with Gasteiger partial charge in [-0.05, 0) is 42.7 Å². The van der Waals surface area contributed by atoms with Gasteiger partial charge in [-0.3, -0.25) is 14.4 Å². The molecule has 6 rings (SSSR count). The molecule has 0 spiro atoms. The zero-order chi connectivity index (χ0) is 39.5. The molecule has 0 amide bonds. The Morgan fingerprint density at radius 2 is 1.50 bits per heavy atom. The van der Waals surface area contributed by atoms with Crippen molar-refractivity contribution in [2.24, 2.45) is 16.7 Å². The monoisotopic (exact) mass is 750 g/mol. The van der Waals surface area contributed by atoms with Crippen LogP contribution in [0, 0.1) is 16.7 Å². The number of aliphatic hydroxyl groups is 4. The number of carbonyl (C=O) groups excluding carboxylic acids is 5. The summed E-state index contributed by atoms with van der Waals surface area (Å²) in [5, 5.41) is 47.2. The number of ether oxygens (including phenoxy) is 5. The van der Waals surface area contributed by atoms with Crippen molar-refractivity contribution in [1.29, 1.82) is 0 Å². The molecule has 2 aromatic carbocycles. The Kier molecular flexibility index (Phi) is 10.2. The van der Waals surface area contributed by atoms with Crippen LogP contribution in [0.15, 0.2) is 71.8 Å². The molecule has 2 bridgehead atoms. The number of carbonyl (C=O) groups is 5. The molecule has 1 heterocycles. The first-order valence-electron chi connectivity index (χ1n) is 17.8. The van der Waals surface area contributed by atoms with Crippen LogP contribution in [0.2, 0.25) is 0 Å². The lowest BCUT2D eigenvalue weighted by Gasteiger charge is -2.67. The third kappa shape index (κ3) is 6.04. The van der Waals surface area contributed by atoms with Crippen molar-refractivity contribution in [2.75, 3.05) is 6.61 Å². The molecule has 0 radical (unpaired) electrons. The smallest absolute Gasteiger partial charge is 0.338 e. The number of esters is 4. The van der Waals surface area contributed by atoms with E-state index < -0.39 is 107 Å². The van der Waals surface area contributed by atoms with E-state index in [4.69, 9.17) is 23.7 Å². The second-order valence-electron chi connectivity index (χ2n) is 15.5. The summed E-state index contributed by atoms with van der Waals surface area (Å²) < 4.78 is 29.8. The fourth-order valence-electron chi connectivity index (χ4n) is 9.19. The van der Waals surface area contributed by atoms with Crippen molar-refractivity contribution >= 4 is 29.7 Å². The molecule has 54 heavy (non-hydrogen) atoms. The predicted molar refractivity (Wildman–Crippen MR) is 186 cm³/mol. The first kappa shape index (κ1) is 39.2. The Bertz CT molecular complexity index is 1860. The first-order valence-corrected chi connectivity index (χ1v) is 17.8. The molecule has 0 unspecified atom stereocenters. The topological polar surface area (TPSA) is 212 Å². The Morgan fingerprint density at radius 1 is 0.889 bits per heavy atom. The molecule has 2 saturated carbocycles. The van der Waals surface area contributed by atoms with Gasteiger partial charge in [0.2, 0.25) is 0 Å². The highest BCUT2D eigenvalue weighted by atomic mass is 16.6. The lowest BCUT2D eigenvalue weighted by molar-refractivity contribution is -0.346. The SMILES string of the molecule is CC(=O)O[C@H]1C(=O)[C@@]2(C)[C@H]([C@H](OC(=O)c3ccccc3)[C@]3(O)C[C@H](OC(=O)[C@H](O)[C@@H](O)c4ccccc4)C(C)=C1C3(C)C)[C@]1(OC(C)=O)CO[C@@H]1C[C@@H]2O. The molecule has 2 aromatic rings. The lowest BCUT2D eigenvalue weighted by atomic mass is 9.44. The van der Waals surface area contributed by atoms with E-state index in [1.807, 2.05) is 0 Å². The van der Waals surface area contributed by atoms with Crippen molar-refractivity contribution in [2.45, 2.75) is 108 Å². The van der Waals surface area contributed by atoms with Crippen LogP contribution in [0.25, 0.3) is 0 Å². The van der Waals surface area contributed by atoms with Crippen LogP contribution >= 0.6 is 0 Å². The van der Waals surface area contributed by atoms with Crippen molar-refractivity contribution in [3.8, 4) is 0 Å². The molecule has 290 valence electrons. The summed E-state index contributed by atoms with van der Waals surface area (Å²) in [6.45, 7) is 7.96. The molecule has 11 atom stereocenters. The van der Waals surface area contributed by atoms with E-state index in [2.05, 4.69) is 0 Å². The maximum Gasteiger partial charge on any atom is 0.338 e. The molecular formula is C40H46O14. The maximum absolute atomic E-state index is 15.3. The normalized spacial score (nSPS) is 35.0. The highest BCUT2D eigenvalue weighted by molar-refractivity contribution is 5.95. The molecule has 0 aromatic heterocycles. The van der Waals surface area contributed by atoms with Crippen LogP contribution in [0.4, 0.5) is 0 Å². The number of benzene rings is 2. The van der Waals surface area contributed by atoms with E-state index in [1.54, 1.807) is 50.2 Å². The fraction of sp³-hybridized carbons (Fsp3) is 0.525. The van der Waals surface area contributed by atoms with Crippen LogP contribution in [0.3, 0.4) is 0 Å². The molecule has 3 fully saturated rings. The van der Waals surface area contributed by atoms with Gasteiger partial charge in [0.1, 0.15) is 30.0 Å². The molecular weight excluding hydrogens is 704 g/mol. The maximum atomic E-state index is 15.3. The summed E-state index contributed by atoms with van der Waals surface area (Å²) in [6.07, 6.45) is -12.1. The summed E-state index contributed by atoms with van der Waals surface area (Å²) in [5.74, 6) is -6.22. The second kappa shape index (κ2) is 14.0. The molecule has 4 aliphatic rings. The van der Waals surface area contributed by atoms with Gasteiger partial charge in [-0.25, -0.2) is 9.59 Å². The minimum atomic E-state index is -2.35. The largest absolute Gasteiger partial charge is 0.456 e. The molecule has 3 aliphatic carbocycles. The number of ketones is 1. The van der Waals surface area contributed by atoms with E-state index in [1.165, 1.54) is 38.1 Å². The van der Waals surface area contributed by atoms with Gasteiger partial charge in [0, 0.05) is 32.1 Å². The Hall–Kier alpha value is -4.47. The van der Waals surface area contributed by atoms with Crippen molar-refractivity contribution in [3.05, 3.63) is 82.9 Å². The van der Waals surface area contributed by atoms with E-state index in [9.17, 15) is 39.6 Å². The number of aliphatic hydroxyl groups excluding tert-OH is 3. The van der Waals surface area contributed by atoms with Crippen LogP contribution in [0.5, 0.6) is 0 Å². The van der Waals surface area contributed by atoms with Crippen LogP contribution < -0.4 is 0 Å². The van der Waals surface area contributed by atoms with Crippen LogP contribution in [-0.4, -0.2) is 105 Å². The van der Waals surface area contributed by atoms with Gasteiger partial charge in [0.25, 0.3) is 0 Å². The van der Waals surface area contributed by atoms with Crippen molar-refractivity contribution < 1.29 is 68.1 Å². The molecule has 14 nitrogen and oxygen atoms in total. The quantitative estimate of drug-likeness (QED) is 0.173. The van der Waals surface area contributed by atoms with E-state index in [-0.39, 0.29) is 35.3 Å². The average molecular weight is 751 g/mol. The second-order valence-corrected chi connectivity index (χ2v) is 15.5.